The van der Waals surface area contributed by atoms with Crippen LogP contribution in [0.15, 0.2) is 29.2 Å². The molecule has 1 aliphatic heterocycles. The molecule has 1 N–H and O–H groups in total. The lowest BCUT2D eigenvalue weighted by atomic mass is 10.2. The normalized spacial score (nSPS) is 20.4. The number of nitrogens with zero attached hydrogens (tertiary/aromatic N) is 2. The second-order valence-corrected chi connectivity index (χ2v) is 8.27. The van der Waals surface area contributed by atoms with Crippen molar-refractivity contribution in [3.05, 3.63) is 29.8 Å². The van der Waals surface area contributed by atoms with Gasteiger partial charge in [0.15, 0.2) is 0 Å². The van der Waals surface area contributed by atoms with Crippen LogP contribution in [0.2, 0.25) is 0 Å². The summed E-state index contributed by atoms with van der Waals surface area (Å²) < 4.78 is 26.7. The molecule has 7 heteroatoms. The molecule has 0 atom stereocenters. The van der Waals surface area contributed by atoms with Crippen LogP contribution in [0.3, 0.4) is 0 Å². The number of benzene rings is 1. The van der Waals surface area contributed by atoms with Crippen LogP contribution in [-0.2, 0) is 14.8 Å². The number of aryl methyl sites for hydroxylation is 1. The highest BCUT2D eigenvalue weighted by molar-refractivity contribution is 7.89. The van der Waals surface area contributed by atoms with E-state index < -0.39 is 10.0 Å². The van der Waals surface area contributed by atoms with Crippen molar-refractivity contribution in [2.24, 2.45) is 0 Å². The Bertz CT molecular complexity index is 660. The number of hydrogen-bond donors (Lipinski definition) is 1. The molecule has 0 bridgehead atoms. The van der Waals surface area contributed by atoms with E-state index in [4.69, 9.17) is 0 Å². The van der Waals surface area contributed by atoms with Crippen LogP contribution in [-0.4, -0.2) is 62.3 Å². The summed E-state index contributed by atoms with van der Waals surface area (Å²) in [6, 6.07) is 7.29. The summed E-state index contributed by atoms with van der Waals surface area (Å²) >= 11 is 0. The van der Waals surface area contributed by atoms with Gasteiger partial charge in [-0.3, -0.25) is 9.69 Å². The summed E-state index contributed by atoms with van der Waals surface area (Å²) in [7, 11) is -3.43. The fourth-order valence-electron chi connectivity index (χ4n) is 2.69. The number of carbonyl (C=O) groups excluding carboxylic acids is 1. The Hall–Kier alpha value is -1.44. The Morgan fingerprint density at radius 1 is 1.13 bits per heavy atom. The standard InChI is InChI=1S/C16H23N3O3S/c1-13-2-6-15(7-3-13)23(21,22)19-10-8-18(9-11-19)12-16(20)17-14-4-5-14/h2-3,6-7,14H,4-5,8-12H2,1H3,(H,17,20). The first-order valence-corrected chi connectivity index (χ1v) is 9.48. The molecule has 6 nitrogen and oxygen atoms in total. The molecular formula is C16H23N3O3S. The lowest BCUT2D eigenvalue weighted by Gasteiger charge is -2.33. The number of nitrogens with one attached hydrogen (secondary N) is 1. The predicted molar refractivity (Wildman–Crippen MR) is 87.5 cm³/mol. The highest BCUT2D eigenvalue weighted by atomic mass is 32.2. The van der Waals surface area contributed by atoms with Gasteiger partial charge in [-0.1, -0.05) is 17.7 Å². The van der Waals surface area contributed by atoms with E-state index in [2.05, 4.69) is 5.32 Å². The first-order chi connectivity index (χ1) is 10.9. The van der Waals surface area contributed by atoms with Crippen molar-refractivity contribution >= 4 is 15.9 Å². The molecule has 1 amide bonds. The van der Waals surface area contributed by atoms with Gasteiger partial charge in [0.1, 0.15) is 0 Å². The molecule has 23 heavy (non-hydrogen) atoms. The van der Waals surface area contributed by atoms with Crippen molar-refractivity contribution in [2.45, 2.75) is 30.7 Å². The van der Waals surface area contributed by atoms with E-state index in [1.807, 2.05) is 24.0 Å². The van der Waals surface area contributed by atoms with Gasteiger partial charge in [-0.2, -0.15) is 4.31 Å². The van der Waals surface area contributed by atoms with Gasteiger partial charge in [-0.15, -0.1) is 0 Å². The van der Waals surface area contributed by atoms with Gasteiger partial charge >= 0.3 is 0 Å². The third-order valence-corrected chi connectivity index (χ3v) is 6.21. The molecule has 2 fully saturated rings. The molecular weight excluding hydrogens is 314 g/mol. The minimum absolute atomic E-state index is 0.0438. The third kappa shape index (κ3) is 4.10. The van der Waals surface area contributed by atoms with Crippen LogP contribution in [0, 0.1) is 6.92 Å². The summed E-state index contributed by atoms with van der Waals surface area (Å²) in [6.07, 6.45) is 2.16. The highest BCUT2D eigenvalue weighted by Gasteiger charge is 2.30. The molecule has 1 aromatic rings. The van der Waals surface area contributed by atoms with E-state index in [0.717, 1.165) is 18.4 Å². The zero-order valence-electron chi connectivity index (χ0n) is 13.4. The van der Waals surface area contributed by atoms with Crippen molar-refractivity contribution in [3.63, 3.8) is 0 Å². The Morgan fingerprint density at radius 3 is 2.30 bits per heavy atom. The number of carbonyl (C=O) groups is 1. The van der Waals surface area contributed by atoms with Crippen LogP contribution in [0.5, 0.6) is 0 Å². The average molecular weight is 337 g/mol. The quantitative estimate of drug-likeness (QED) is 0.853. The largest absolute Gasteiger partial charge is 0.352 e. The van der Waals surface area contributed by atoms with E-state index in [1.54, 1.807) is 12.1 Å². The van der Waals surface area contributed by atoms with E-state index >= 15 is 0 Å². The zero-order valence-corrected chi connectivity index (χ0v) is 14.2. The van der Waals surface area contributed by atoms with E-state index in [1.165, 1.54) is 4.31 Å². The maximum absolute atomic E-state index is 12.6. The number of sulfonamides is 1. The SMILES string of the molecule is Cc1ccc(S(=O)(=O)N2CCN(CC(=O)NC3CC3)CC2)cc1. The second-order valence-electron chi connectivity index (χ2n) is 6.34. The van der Waals surface area contributed by atoms with Crippen LogP contribution < -0.4 is 5.32 Å². The molecule has 3 rings (SSSR count). The maximum atomic E-state index is 12.6. The molecule has 0 radical (unpaired) electrons. The van der Waals surface area contributed by atoms with Crippen molar-refractivity contribution in [2.75, 3.05) is 32.7 Å². The third-order valence-electron chi connectivity index (χ3n) is 4.30. The molecule has 126 valence electrons. The average Bonchev–Trinajstić information content (AvgIpc) is 3.32. The molecule has 2 aliphatic rings. The first kappa shape index (κ1) is 16.4. The van der Waals surface area contributed by atoms with Crippen molar-refractivity contribution in [1.29, 1.82) is 0 Å². The molecule has 1 saturated heterocycles. The Kier molecular flexibility index (Phi) is 4.70. The fourth-order valence-corrected chi connectivity index (χ4v) is 4.11. The number of hydrogen-bond acceptors (Lipinski definition) is 4. The molecule has 0 unspecified atom stereocenters. The minimum Gasteiger partial charge on any atom is -0.352 e. The summed E-state index contributed by atoms with van der Waals surface area (Å²) in [5.41, 5.74) is 1.04. The Labute approximate surface area is 137 Å². The Balaban J connectivity index is 1.55. The predicted octanol–water partition coefficient (Wildman–Crippen LogP) is 0.580. The Morgan fingerprint density at radius 2 is 1.74 bits per heavy atom. The van der Waals surface area contributed by atoms with Crippen LogP contribution >= 0.6 is 0 Å². The number of rotatable bonds is 5. The molecule has 1 saturated carbocycles. The molecule has 1 heterocycles. The zero-order chi connectivity index (χ0) is 16.4. The van der Waals surface area contributed by atoms with Gasteiger partial charge in [-0.05, 0) is 31.9 Å². The fraction of sp³-hybridized carbons (Fsp3) is 0.562. The topological polar surface area (TPSA) is 69.7 Å². The second kappa shape index (κ2) is 6.59. The summed E-state index contributed by atoms with van der Waals surface area (Å²) in [5.74, 6) is 0.0438. The van der Waals surface area contributed by atoms with E-state index in [9.17, 15) is 13.2 Å². The van der Waals surface area contributed by atoms with Crippen LogP contribution in [0.1, 0.15) is 18.4 Å². The van der Waals surface area contributed by atoms with Crippen molar-refractivity contribution in [3.8, 4) is 0 Å². The number of piperazine rings is 1. The van der Waals surface area contributed by atoms with Crippen LogP contribution in [0.4, 0.5) is 0 Å². The number of amides is 1. The lowest BCUT2D eigenvalue weighted by molar-refractivity contribution is -0.122. The van der Waals surface area contributed by atoms with E-state index in [-0.39, 0.29) is 5.91 Å². The van der Waals surface area contributed by atoms with Gasteiger partial charge in [0.25, 0.3) is 0 Å². The van der Waals surface area contributed by atoms with Gasteiger partial charge in [0.2, 0.25) is 15.9 Å². The van der Waals surface area contributed by atoms with Gasteiger partial charge < -0.3 is 5.32 Å². The minimum atomic E-state index is -3.43. The molecule has 0 aromatic heterocycles. The van der Waals surface area contributed by atoms with Crippen molar-refractivity contribution < 1.29 is 13.2 Å². The summed E-state index contributed by atoms with van der Waals surface area (Å²) in [4.78, 5) is 14.2. The highest BCUT2D eigenvalue weighted by Crippen LogP contribution is 2.19. The lowest BCUT2D eigenvalue weighted by Crippen LogP contribution is -2.51. The summed E-state index contributed by atoms with van der Waals surface area (Å²) in [6.45, 7) is 4.31. The van der Waals surface area contributed by atoms with Gasteiger partial charge in [-0.25, -0.2) is 8.42 Å². The molecule has 1 aromatic carbocycles. The van der Waals surface area contributed by atoms with Crippen LogP contribution in [0.25, 0.3) is 0 Å². The van der Waals surface area contributed by atoms with Crippen molar-refractivity contribution in [1.82, 2.24) is 14.5 Å². The van der Waals surface area contributed by atoms with Gasteiger partial charge in [0.05, 0.1) is 11.4 Å². The summed E-state index contributed by atoms with van der Waals surface area (Å²) in [5, 5.41) is 2.96. The first-order valence-electron chi connectivity index (χ1n) is 8.04. The maximum Gasteiger partial charge on any atom is 0.243 e. The molecule has 1 aliphatic carbocycles. The van der Waals surface area contributed by atoms with E-state index in [0.29, 0.717) is 43.7 Å². The van der Waals surface area contributed by atoms with Gasteiger partial charge in [0, 0.05) is 32.2 Å². The molecule has 0 spiro atoms. The smallest absolute Gasteiger partial charge is 0.243 e. The monoisotopic (exact) mass is 337 g/mol.